The molecule has 1 aliphatic heterocycles. The van der Waals surface area contributed by atoms with Crippen LogP contribution in [-0.4, -0.2) is 40.6 Å². The Hall–Kier alpha value is -1.56. The third-order valence-electron chi connectivity index (χ3n) is 3.29. The van der Waals surface area contributed by atoms with Crippen LogP contribution in [0.4, 0.5) is 4.79 Å². The minimum atomic E-state index is -0.918. The molecule has 19 heavy (non-hydrogen) atoms. The second-order valence-corrected chi connectivity index (χ2v) is 5.66. The second-order valence-electron chi connectivity index (χ2n) is 4.88. The molecular formula is C13H18N2O3S. The summed E-state index contributed by atoms with van der Waals surface area (Å²) in [6, 6.07) is 1.08. The molecule has 0 aliphatic carbocycles. The Bertz CT molecular complexity index is 447. The van der Waals surface area contributed by atoms with Crippen molar-refractivity contribution in [1.29, 1.82) is 0 Å². The molecule has 1 aromatic heterocycles. The molecule has 1 saturated heterocycles. The van der Waals surface area contributed by atoms with Gasteiger partial charge in [0.1, 0.15) is 6.04 Å². The number of aliphatic carboxylic acids is 1. The van der Waals surface area contributed by atoms with Crippen LogP contribution in [-0.2, 0) is 11.2 Å². The van der Waals surface area contributed by atoms with Crippen LogP contribution in [0.1, 0.15) is 25.3 Å². The number of carboxylic acids is 1. The first-order chi connectivity index (χ1) is 9.08. The van der Waals surface area contributed by atoms with Gasteiger partial charge in [0, 0.05) is 12.6 Å². The molecule has 0 saturated carbocycles. The Morgan fingerprint density at radius 2 is 2.42 bits per heavy atom. The van der Waals surface area contributed by atoms with Gasteiger partial charge in [0.15, 0.2) is 0 Å². The highest BCUT2D eigenvalue weighted by atomic mass is 32.1. The zero-order valence-electron chi connectivity index (χ0n) is 10.8. The summed E-state index contributed by atoms with van der Waals surface area (Å²) in [5.41, 5.74) is 1.19. The number of likely N-dealkylation sites (tertiary alicyclic amines) is 1. The summed E-state index contributed by atoms with van der Waals surface area (Å²) in [7, 11) is 0. The minimum Gasteiger partial charge on any atom is -0.480 e. The van der Waals surface area contributed by atoms with Crippen LogP contribution >= 0.6 is 11.3 Å². The van der Waals surface area contributed by atoms with Gasteiger partial charge in [-0.3, -0.25) is 0 Å². The van der Waals surface area contributed by atoms with E-state index < -0.39 is 12.0 Å². The summed E-state index contributed by atoms with van der Waals surface area (Å²) in [5.74, 6) is -0.918. The van der Waals surface area contributed by atoms with E-state index in [4.69, 9.17) is 5.11 Å². The molecule has 2 amide bonds. The van der Waals surface area contributed by atoms with Crippen molar-refractivity contribution in [2.75, 3.05) is 6.54 Å². The molecule has 0 radical (unpaired) electrons. The number of amides is 2. The number of carbonyl (C=O) groups is 2. The molecule has 2 unspecified atom stereocenters. The van der Waals surface area contributed by atoms with Gasteiger partial charge in [0.25, 0.3) is 0 Å². The van der Waals surface area contributed by atoms with Crippen LogP contribution in [0.5, 0.6) is 0 Å². The highest BCUT2D eigenvalue weighted by molar-refractivity contribution is 7.07. The maximum Gasteiger partial charge on any atom is 0.326 e. The van der Waals surface area contributed by atoms with Crippen LogP contribution in [0.2, 0.25) is 0 Å². The van der Waals surface area contributed by atoms with Crippen molar-refractivity contribution in [3.63, 3.8) is 0 Å². The quantitative estimate of drug-likeness (QED) is 0.886. The zero-order chi connectivity index (χ0) is 13.8. The molecule has 1 aromatic rings. The molecule has 0 spiro atoms. The standard InChI is InChI=1S/C13H18N2O3S/c1-9(7-10-4-6-19-8-10)14-13(18)15-5-2-3-11(15)12(16)17/h4,6,8-9,11H,2-3,5,7H2,1H3,(H,14,18)(H,16,17). The summed E-state index contributed by atoms with van der Waals surface area (Å²) in [5, 5.41) is 16.0. The van der Waals surface area contributed by atoms with E-state index in [0.29, 0.717) is 13.0 Å². The fourth-order valence-corrected chi connectivity index (χ4v) is 3.06. The molecular weight excluding hydrogens is 264 g/mol. The number of carbonyl (C=O) groups excluding carboxylic acids is 1. The normalized spacial score (nSPS) is 20.3. The van der Waals surface area contributed by atoms with Gasteiger partial charge in [-0.2, -0.15) is 11.3 Å². The van der Waals surface area contributed by atoms with Crippen molar-refractivity contribution < 1.29 is 14.7 Å². The van der Waals surface area contributed by atoms with Crippen LogP contribution in [0.15, 0.2) is 16.8 Å². The van der Waals surface area contributed by atoms with Gasteiger partial charge in [-0.15, -0.1) is 0 Å². The average Bonchev–Trinajstić information content (AvgIpc) is 2.97. The van der Waals surface area contributed by atoms with Crippen LogP contribution in [0.25, 0.3) is 0 Å². The van der Waals surface area contributed by atoms with E-state index in [-0.39, 0.29) is 12.1 Å². The fourth-order valence-electron chi connectivity index (χ4n) is 2.37. The highest BCUT2D eigenvalue weighted by Gasteiger charge is 2.34. The van der Waals surface area contributed by atoms with Gasteiger partial charge in [-0.25, -0.2) is 9.59 Å². The molecule has 1 aliphatic rings. The van der Waals surface area contributed by atoms with Crippen LogP contribution in [0.3, 0.4) is 0 Å². The van der Waals surface area contributed by atoms with Gasteiger partial charge in [0.2, 0.25) is 0 Å². The number of rotatable bonds is 4. The van der Waals surface area contributed by atoms with E-state index in [1.165, 1.54) is 10.5 Å². The summed E-state index contributed by atoms with van der Waals surface area (Å²) in [6.45, 7) is 2.45. The number of thiophene rings is 1. The Morgan fingerprint density at radius 3 is 3.05 bits per heavy atom. The minimum absolute atomic E-state index is 0.00264. The topological polar surface area (TPSA) is 69.6 Å². The molecule has 6 heteroatoms. The van der Waals surface area contributed by atoms with E-state index in [9.17, 15) is 9.59 Å². The molecule has 1 fully saturated rings. The SMILES string of the molecule is CC(Cc1ccsc1)NC(=O)N1CCCC1C(=O)O. The van der Waals surface area contributed by atoms with E-state index in [1.54, 1.807) is 11.3 Å². The molecule has 0 aromatic carbocycles. The van der Waals surface area contributed by atoms with E-state index in [0.717, 1.165) is 12.8 Å². The molecule has 0 bridgehead atoms. The summed E-state index contributed by atoms with van der Waals surface area (Å²) < 4.78 is 0. The smallest absolute Gasteiger partial charge is 0.326 e. The largest absolute Gasteiger partial charge is 0.480 e. The summed E-state index contributed by atoms with van der Waals surface area (Å²) >= 11 is 1.63. The third-order valence-corrected chi connectivity index (χ3v) is 4.02. The number of hydrogen-bond acceptors (Lipinski definition) is 3. The van der Waals surface area contributed by atoms with Crippen molar-refractivity contribution in [2.24, 2.45) is 0 Å². The Labute approximate surface area is 116 Å². The number of urea groups is 1. The lowest BCUT2D eigenvalue weighted by Crippen LogP contribution is -2.48. The molecule has 2 heterocycles. The van der Waals surface area contributed by atoms with E-state index in [2.05, 4.69) is 10.7 Å². The van der Waals surface area contributed by atoms with E-state index >= 15 is 0 Å². The molecule has 2 atom stereocenters. The van der Waals surface area contributed by atoms with Gasteiger partial charge in [-0.1, -0.05) is 0 Å². The van der Waals surface area contributed by atoms with Gasteiger partial charge < -0.3 is 15.3 Å². The predicted octanol–water partition coefficient (Wildman–Crippen LogP) is 1.94. The fraction of sp³-hybridized carbons (Fsp3) is 0.538. The second kappa shape index (κ2) is 6.06. The Morgan fingerprint density at radius 1 is 1.63 bits per heavy atom. The molecule has 2 rings (SSSR count). The van der Waals surface area contributed by atoms with Crippen LogP contribution < -0.4 is 5.32 Å². The van der Waals surface area contributed by atoms with Crippen molar-refractivity contribution in [3.8, 4) is 0 Å². The lowest BCUT2D eigenvalue weighted by atomic mass is 10.1. The lowest BCUT2D eigenvalue weighted by Gasteiger charge is -2.24. The van der Waals surface area contributed by atoms with Crippen molar-refractivity contribution in [1.82, 2.24) is 10.2 Å². The first-order valence-corrected chi connectivity index (χ1v) is 7.33. The number of hydrogen-bond donors (Lipinski definition) is 2. The average molecular weight is 282 g/mol. The first kappa shape index (κ1) is 13.9. The predicted molar refractivity (Wildman–Crippen MR) is 73.4 cm³/mol. The highest BCUT2D eigenvalue weighted by Crippen LogP contribution is 2.17. The van der Waals surface area contributed by atoms with Gasteiger partial charge >= 0.3 is 12.0 Å². The summed E-state index contributed by atoms with van der Waals surface area (Å²) in [4.78, 5) is 24.5. The Balaban J connectivity index is 1.88. The van der Waals surface area contributed by atoms with Crippen LogP contribution in [0, 0.1) is 0 Å². The zero-order valence-corrected chi connectivity index (χ0v) is 11.7. The lowest BCUT2D eigenvalue weighted by molar-refractivity contribution is -0.141. The monoisotopic (exact) mass is 282 g/mol. The number of nitrogens with one attached hydrogen (secondary N) is 1. The molecule has 2 N–H and O–H groups in total. The number of nitrogens with zero attached hydrogens (tertiary/aromatic N) is 1. The maximum absolute atomic E-state index is 12.1. The first-order valence-electron chi connectivity index (χ1n) is 6.39. The third kappa shape index (κ3) is 3.47. The van der Waals surface area contributed by atoms with Crippen molar-refractivity contribution in [2.45, 2.75) is 38.3 Å². The van der Waals surface area contributed by atoms with E-state index in [1.807, 2.05) is 18.4 Å². The Kier molecular flexibility index (Phi) is 4.42. The van der Waals surface area contributed by atoms with Gasteiger partial charge in [0.05, 0.1) is 0 Å². The number of carboxylic acid groups (broad SMARTS) is 1. The molecule has 5 nitrogen and oxygen atoms in total. The van der Waals surface area contributed by atoms with Crippen molar-refractivity contribution in [3.05, 3.63) is 22.4 Å². The summed E-state index contributed by atoms with van der Waals surface area (Å²) in [6.07, 6.45) is 2.06. The maximum atomic E-state index is 12.1. The van der Waals surface area contributed by atoms with Gasteiger partial charge in [-0.05, 0) is 48.6 Å². The molecule has 104 valence electrons. The van der Waals surface area contributed by atoms with Crippen molar-refractivity contribution >= 4 is 23.3 Å².